The van der Waals surface area contributed by atoms with Gasteiger partial charge in [-0.05, 0) is 68.1 Å². The number of fused-ring (bicyclic) bond motifs is 1. The van der Waals surface area contributed by atoms with Crippen molar-refractivity contribution in [3.05, 3.63) is 59.7 Å². The number of hydrogen-bond donors (Lipinski definition) is 2. The van der Waals surface area contributed by atoms with Gasteiger partial charge in [0.25, 0.3) is 5.91 Å². The van der Waals surface area contributed by atoms with E-state index in [1.54, 1.807) is 18.2 Å². The van der Waals surface area contributed by atoms with Gasteiger partial charge < -0.3 is 20.7 Å². The number of anilines is 2. The van der Waals surface area contributed by atoms with Gasteiger partial charge in [-0.25, -0.2) is 19.0 Å². The van der Waals surface area contributed by atoms with Crippen LogP contribution in [0.4, 0.5) is 29.1 Å². The fourth-order valence-corrected chi connectivity index (χ4v) is 5.70. The lowest BCUT2D eigenvalue weighted by molar-refractivity contribution is -0.137. The van der Waals surface area contributed by atoms with Gasteiger partial charge in [0, 0.05) is 18.7 Å². The molecule has 4 aromatic rings. The molecular formula is C29H31F4N7O2S. The number of nitrogens with two attached hydrogens (primary N) is 1. The van der Waals surface area contributed by atoms with Gasteiger partial charge in [-0.15, -0.1) is 0 Å². The number of rotatable bonds is 9. The van der Waals surface area contributed by atoms with Gasteiger partial charge in [0.1, 0.15) is 29.4 Å². The fourth-order valence-electron chi connectivity index (χ4n) is 5.28. The Balaban J connectivity index is 1.41. The van der Waals surface area contributed by atoms with Crippen molar-refractivity contribution < 1.29 is 27.1 Å². The highest BCUT2D eigenvalue weighted by molar-refractivity contribution is 7.98. The third kappa shape index (κ3) is 6.54. The summed E-state index contributed by atoms with van der Waals surface area (Å²) in [6.45, 7) is 2.98. The van der Waals surface area contributed by atoms with E-state index in [4.69, 9.17) is 15.6 Å². The lowest BCUT2D eigenvalue weighted by Crippen LogP contribution is -2.35. The predicted octanol–water partition coefficient (Wildman–Crippen LogP) is 5.88. The van der Waals surface area contributed by atoms with Crippen molar-refractivity contribution in [2.75, 3.05) is 49.8 Å². The molecule has 0 atom stereocenters. The molecule has 14 heteroatoms. The maximum absolute atomic E-state index is 14.4. The minimum absolute atomic E-state index is 0.126. The monoisotopic (exact) mass is 617 g/mol. The molecule has 3 N–H and O–H groups in total. The summed E-state index contributed by atoms with van der Waals surface area (Å²) >= 11 is 1.85. The van der Waals surface area contributed by atoms with Crippen molar-refractivity contribution in [2.45, 2.75) is 31.5 Å². The Morgan fingerprint density at radius 2 is 1.93 bits per heavy atom. The topological polar surface area (TPSA) is 111 Å². The van der Waals surface area contributed by atoms with E-state index in [1.165, 1.54) is 13.4 Å². The van der Waals surface area contributed by atoms with Crippen LogP contribution >= 0.6 is 11.8 Å². The number of benzene rings is 2. The van der Waals surface area contributed by atoms with Gasteiger partial charge in [0.05, 0.1) is 35.4 Å². The first kappa shape index (κ1) is 30.5. The average molecular weight is 618 g/mol. The van der Waals surface area contributed by atoms with Crippen LogP contribution in [-0.2, 0) is 6.18 Å². The number of methoxy groups -OCH3 is 1. The van der Waals surface area contributed by atoms with Crippen molar-refractivity contribution in [2.24, 2.45) is 0 Å². The van der Waals surface area contributed by atoms with E-state index in [2.05, 4.69) is 26.4 Å². The zero-order valence-corrected chi connectivity index (χ0v) is 24.4. The number of nitrogens with zero attached hydrogens (tertiary/aromatic N) is 5. The Morgan fingerprint density at radius 1 is 1.16 bits per heavy atom. The lowest BCUT2D eigenvalue weighted by Gasteiger charge is -2.32. The smallest absolute Gasteiger partial charge is 0.416 e. The van der Waals surface area contributed by atoms with Crippen LogP contribution in [0.2, 0.25) is 0 Å². The third-order valence-corrected chi connectivity index (χ3v) is 8.21. The quantitative estimate of drug-likeness (QED) is 0.177. The first-order chi connectivity index (χ1) is 20.6. The Morgan fingerprint density at radius 3 is 2.60 bits per heavy atom. The molecule has 228 valence electrons. The summed E-state index contributed by atoms with van der Waals surface area (Å²) in [5.41, 5.74) is 6.56. The van der Waals surface area contributed by atoms with E-state index in [9.17, 15) is 22.4 Å². The number of aromatic nitrogens is 4. The molecule has 1 fully saturated rings. The number of likely N-dealkylation sites (tertiary alicyclic amines) is 1. The molecule has 0 unspecified atom stereocenters. The third-order valence-electron chi connectivity index (χ3n) is 7.51. The van der Waals surface area contributed by atoms with E-state index in [-0.39, 0.29) is 23.3 Å². The van der Waals surface area contributed by atoms with Crippen LogP contribution in [0.25, 0.3) is 22.3 Å². The highest BCUT2D eigenvalue weighted by Gasteiger charge is 2.32. The maximum Gasteiger partial charge on any atom is 0.416 e. The number of alkyl halides is 3. The number of amides is 1. The molecule has 0 saturated carbocycles. The van der Waals surface area contributed by atoms with Gasteiger partial charge in [0.15, 0.2) is 5.65 Å². The minimum Gasteiger partial charge on any atom is -0.495 e. The average Bonchev–Trinajstić information content (AvgIpc) is 3.38. The maximum atomic E-state index is 14.4. The molecule has 1 amide bonds. The van der Waals surface area contributed by atoms with Gasteiger partial charge in [-0.1, -0.05) is 6.07 Å². The molecule has 5 rings (SSSR count). The van der Waals surface area contributed by atoms with Crippen LogP contribution in [0.5, 0.6) is 5.75 Å². The SMILES string of the molecule is COc1cc(-c2nn(C3CCN(CCCSC)CC3)c3ncnc(N)c23)ccc1NC(=O)c1ccc(C(F)(F)F)cc1F. The Labute approximate surface area is 249 Å². The summed E-state index contributed by atoms with van der Waals surface area (Å²) in [4.78, 5) is 23.9. The Hall–Kier alpha value is -3.91. The number of nitrogen functional groups attached to an aromatic ring is 1. The number of ether oxygens (including phenoxy) is 1. The number of carbonyl (C=O) groups excluding carboxylic acids is 1. The minimum atomic E-state index is -4.73. The van der Waals surface area contributed by atoms with E-state index in [0.717, 1.165) is 50.7 Å². The van der Waals surface area contributed by atoms with Crippen LogP contribution in [0.15, 0.2) is 42.7 Å². The second kappa shape index (κ2) is 12.8. The normalized spacial score (nSPS) is 14.7. The van der Waals surface area contributed by atoms with Crippen molar-refractivity contribution in [3.63, 3.8) is 0 Å². The van der Waals surface area contributed by atoms with E-state index in [0.29, 0.717) is 34.4 Å². The van der Waals surface area contributed by atoms with E-state index in [1.807, 2.05) is 16.4 Å². The van der Waals surface area contributed by atoms with Gasteiger partial charge in [-0.3, -0.25) is 4.79 Å². The van der Waals surface area contributed by atoms with E-state index < -0.39 is 29.0 Å². The molecular weight excluding hydrogens is 586 g/mol. The summed E-state index contributed by atoms with van der Waals surface area (Å²) in [6.07, 6.45) is 1.77. The van der Waals surface area contributed by atoms with Gasteiger partial charge in [-0.2, -0.15) is 30.0 Å². The first-order valence-corrected chi connectivity index (χ1v) is 15.1. The molecule has 2 aromatic carbocycles. The molecule has 0 aliphatic carbocycles. The number of nitrogens with one attached hydrogen (secondary N) is 1. The van der Waals surface area contributed by atoms with Gasteiger partial charge in [0.2, 0.25) is 0 Å². The van der Waals surface area contributed by atoms with Crippen molar-refractivity contribution >= 4 is 40.2 Å². The Bertz CT molecular complexity index is 1620. The van der Waals surface area contributed by atoms with E-state index >= 15 is 0 Å². The first-order valence-electron chi connectivity index (χ1n) is 13.7. The molecule has 3 heterocycles. The van der Waals surface area contributed by atoms with Crippen LogP contribution < -0.4 is 15.8 Å². The summed E-state index contributed by atoms with van der Waals surface area (Å²) < 4.78 is 60.6. The molecule has 1 aliphatic heterocycles. The molecule has 1 aliphatic rings. The lowest BCUT2D eigenvalue weighted by atomic mass is 10.0. The summed E-state index contributed by atoms with van der Waals surface area (Å²) in [6, 6.07) is 6.75. The molecule has 9 nitrogen and oxygen atoms in total. The fraction of sp³-hybridized carbons (Fsp3) is 0.379. The number of thioether (sulfide) groups is 1. The molecule has 0 radical (unpaired) electrons. The molecule has 43 heavy (non-hydrogen) atoms. The zero-order chi connectivity index (χ0) is 30.7. The predicted molar refractivity (Wildman–Crippen MR) is 159 cm³/mol. The van der Waals surface area contributed by atoms with Crippen LogP contribution in [0.1, 0.15) is 41.2 Å². The highest BCUT2D eigenvalue weighted by atomic mass is 32.2. The molecule has 0 bridgehead atoms. The standard InChI is InChI=1S/C29H31F4N7O2S/c1-42-23-14-17(4-7-22(23)37-28(41)20-6-5-18(15-21(20)30)29(31,32)33)25-24-26(34)35-16-36-27(24)40(38-25)19-8-11-39(12-9-19)10-3-13-43-2/h4-7,14-16,19H,3,8-13H2,1-2H3,(H,37,41)(H2,34,35,36). The molecule has 0 spiro atoms. The zero-order valence-electron chi connectivity index (χ0n) is 23.6. The number of piperidine rings is 1. The number of halogens is 4. The summed E-state index contributed by atoms with van der Waals surface area (Å²) in [5, 5.41) is 8.04. The highest BCUT2D eigenvalue weighted by Crippen LogP contribution is 2.37. The van der Waals surface area contributed by atoms with Crippen molar-refractivity contribution in [1.29, 1.82) is 0 Å². The second-order valence-corrected chi connectivity index (χ2v) is 11.2. The Kier molecular flexibility index (Phi) is 9.06. The van der Waals surface area contributed by atoms with Crippen LogP contribution in [0.3, 0.4) is 0 Å². The molecule has 1 saturated heterocycles. The number of carbonyl (C=O) groups is 1. The van der Waals surface area contributed by atoms with Crippen LogP contribution in [-0.4, -0.2) is 69.3 Å². The van der Waals surface area contributed by atoms with Crippen molar-refractivity contribution in [1.82, 2.24) is 24.6 Å². The number of hydrogen-bond acceptors (Lipinski definition) is 8. The van der Waals surface area contributed by atoms with Crippen LogP contribution in [0, 0.1) is 5.82 Å². The summed E-state index contributed by atoms with van der Waals surface area (Å²) in [7, 11) is 1.40. The molecule has 2 aromatic heterocycles. The largest absolute Gasteiger partial charge is 0.495 e. The summed E-state index contributed by atoms with van der Waals surface area (Å²) in [5.74, 6) is -0.573. The van der Waals surface area contributed by atoms with Crippen molar-refractivity contribution in [3.8, 4) is 17.0 Å². The van der Waals surface area contributed by atoms with Gasteiger partial charge >= 0.3 is 6.18 Å². The second-order valence-electron chi connectivity index (χ2n) is 10.2.